The Bertz CT molecular complexity index is 368. The monoisotopic (exact) mass is 226 g/mol. The number of ether oxygens (including phenoxy) is 2. The summed E-state index contributed by atoms with van der Waals surface area (Å²) < 4.78 is 23.3. The summed E-state index contributed by atoms with van der Waals surface area (Å²) in [5.41, 5.74) is 0.712. The van der Waals surface area contributed by atoms with Gasteiger partial charge in [0.25, 0.3) is 0 Å². The zero-order chi connectivity index (χ0) is 11.5. The van der Waals surface area contributed by atoms with Crippen molar-refractivity contribution in [3.63, 3.8) is 0 Å². The lowest BCUT2D eigenvalue weighted by Crippen LogP contribution is -2.38. The fraction of sp³-hybridized carbons (Fsp3) is 0.400. The van der Waals surface area contributed by atoms with Crippen molar-refractivity contribution in [1.82, 2.24) is 0 Å². The Labute approximate surface area is 92.8 Å². The predicted octanol–water partition coefficient (Wildman–Crippen LogP) is -0.579. The summed E-state index contributed by atoms with van der Waals surface area (Å²) in [4.78, 5) is 0. The Morgan fingerprint density at radius 1 is 1.44 bits per heavy atom. The summed E-state index contributed by atoms with van der Waals surface area (Å²) in [5, 5.41) is 18.1. The molecule has 0 saturated carbocycles. The Hall–Kier alpha value is -0.945. The quantitative estimate of drug-likeness (QED) is 0.674. The predicted molar refractivity (Wildman–Crippen MR) is 55.6 cm³/mol. The largest absolute Gasteiger partial charge is 0.488 e. The first-order chi connectivity index (χ1) is 7.66. The molecule has 0 amide bonds. The second-order valence-electron chi connectivity index (χ2n) is 3.69. The first kappa shape index (κ1) is 11.5. The molecule has 1 saturated heterocycles. The summed E-state index contributed by atoms with van der Waals surface area (Å²) in [6, 6.07) is 3.85. The van der Waals surface area contributed by atoms with Gasteiger partial charge in [0.1, 0.15) is 11.9 Å². The van der Waals surface area contributed by atoms with Crippen molar-refractivity contribution in [3.05, 3.63) is 29.6 Å². The van der Waals surface area contributed by atoms with E-state index in [1.165, 1.54) is 12.1 Å². The molecule has 0 aromatic heterocycles. The Morgan fingerprint density at radius 3 is 2.75 bits per heavy atom. The zero-order valence-electron chi connectivity index (χ0n) is 8.60. The van der Waals surface area contributed by atoms with Crippen molar-refractivity contribution >= 4 is 12.6 Å². The van der Waals surface area contributed by atoms with Gasteiger partial charge in [0.2, 0.25) is 0 Å². The second-order valence-corrected chi connectivity index (χ2v) is 3.69. The van der Waals surface area contributed by atoms with Gasteiger partial charge in [0, 0.05) is 0 Å². The lowest BCUT2D eigenvalue weighted by molar-refractivity contribution is -0.135. The molecule has 0 atom stereocenters. The lowest BCUT2D eigenvalue weighted by Gasteiger charge is -2.26. The standard InChI is InChI=1S/C10H12BFO4/c12-8-2-1-7(10(3-8)11(13)14)4-16-9-5-15-6-9/h1-3,9,13-14H,4-6H2. The van der Waals surface area contributed by atoms with E-state index in [4.69, 9.17) is 19.5 Å². The molecule has 0 bridgehead atoms. The minimum atomic E-state index is -1.69. The van der Waals surface area contributed by atoms with Crippen LogP contribution < -0.4 is 5.46 Å². The van der Waals surface area contributed by atoms with Crippen LogP contribution in [0.1, 0.15) is 5.56 Å². The molecule has 6 heteroatoms. The maximum atomic E-state index is 12.9. The van der Waals surface area contributed by atoms with Gasteiger partial charge in [-0.25, -0.2) is 4.39 Å². The average molecular weight is 226 g/mol. The van der Waals surface area contributed by atoms with E-state index >= 15 is 0 Å². The molecule has 1 aromatic rings. The molecule has 0 spiro atoms. The molecule has 1 aliphatic rings. The fourth-order valence-electron chi connectivity index (χ4n) is 1.46. The van der Waals surface area contributed by atoms with Gasteiger partial charge in [-0.1, -0.05) is 6.07 Å². The second kappa shape index (κ2) is 4.92. The molecule has 16 heavy (non-hydrogen) atoms. The molecule has 0 unspecified atom stereocenters. The van der Waals surface area contributed by atoms with Crippen molar-refractivity contribution < 1.29 is 23.9 Å². The van der Waals surface area contributed by atoms with Crippen molar-refractivity contribution in [2.24, 2.45) is 0 Å². The third kappa shape index (κ3) is 2.59. The highest BCUT2D eigenvalue weighted by Crippen LogP contribution is 2.09. The van der Waals surface area contributed by atoms with Crippen LogP contribution in [-0.2, 0) is 16.1 Å². The van der Waals surface area contributed by atoms with E-state index in [0.29, 0.717) is 18.8 Å². The van der Waals surface area contributed by atoms with Crippen LogP contribution in [0.3, 0.4) is 0 Å². The molecule has 2 N–H and O–H groups in total. The maximum absolute atomic E-state index is 12.9. The van der Waals surface area contributed by atoms with Gasteiger partial charge in [-0.2, -0.15) is 0 Å². The van der Waals surface area contributed by atoms with Crippen LogP contribution in [0.2, 0.25) is 0 Å². The van der Waals surface area contributed by atoms with E-state index in [9.17, 15) is 4.39 Å². The zero-order valence-corrected chi connectivity index (χ0v) is 8.60. The van der Waals surface area contributed by atoms with Crippen molar-refractivity contribution in [2.45, 2.75) is 12.7 Å². The smallest absolute Gasteiger partial charge is 0.423 e. The highest BCUT2D eigenvalue weighted by molar-refractivity contribution is 6.59. The summed E-state index contributed by atoms with van der Waals surface area (Å²) in [5.74, 6) is -0.501. The third-order valence-corrected chi connectivity index (χ3v) is 2.47. The van der Waals surface area contributed by atoms with Crippen LogP contribution in [0.15, 0.2) is 18.2 Å². The van der Waals surface area contributed by atoms with Crippen LogP contribution in [0.5, 0.6) is 0 Å². The minimum absolute atomic E-state index is 0.0498. The number of hydrogen-bond acceptors (Lipinski definition) is 4. The van der Waals surface area contributed by atoms with Gasteiger partial charge in [-0.3, -0.25) is 0 Å². The van der Waals surface area contributed by atoms with E-state index in [-0.39, 0.29) is 18.2 Å². The van der Waals surface area contributed by atoms with E-state index < -0.39 is 12.9 Å². The summed E-state index contributed by atoms with van der Waals surface area (Å²) >= 11 is 0. The van der Waals surface area contributed by atoms with Gasteiger partial charge in [0.05, 0.1) is 19.8 Å². The Morgan fingerprint density at radius 2 is 2.19 bits per heavy atom. The first-order valence-electron chi connectivity index (χ1n) is 5.00. The van der Waals surface area contributed by atoms with Crippen molar-refractivity contribution in [3.8, 4) is 0 Å². The number of rotatable bonds is 4. The van der Waals surface area contributed by atoms with Gasteiger partial charge in [-0.05, 0) is 23.2 Å². The number of hydrogen-bond donors (Lipinski definition) is 2. The third-order valence-electron chi connectivity index (χ3n) is 2.47. The molecule has 1 heterocycles. The molecule has 0 aliphatic carbocycles. The Balaban J connectivity index is 2.05. The fourth-order valence-corrected chi connectivity index (χ4v) is 1.46. The molecule has 86 valence electrons. The molecule has 1 aromatic carbocycles. The molecule has 4 nitrogen and oxygen atoms in total. The first-order valence-corrected chi connectivity index (χ1v) is 5.00. The highest BCUT2D eigenvalue weighted by atomic mass is 19.1. The molecule has 0 radical (unpaired) electrons. The Kier molecular flexibility index (Phi) is 3.55. The molecule has 2 rings (SSSR count). The molecular formula is C10H12BFO4. The van der Waals surface area contributed by atoms with Crippen molar-refractivity contribution in [2.75, 3.05) is 13.2 Å². The van der Waals surface area contributed by atoms with Gasteiger partial charge in [0.15, 0.2) is 0 Å². The van der Waals surface area contributed by atoms with Gasteiger partial charge in [-0.15, -0.1) is 0 Å². The lowest BCUT2D eigenvalue weighted by atomic mass is 9.77. The van der Waals surface area contributed by atoms with Crippen LogP contribution in [0.4, 0.5) is 4.39 Å². The number of halogens is 1. The van der Waals surface area contributed by atoms with E-state index in [2.05, 4.69) is 0 Å². The van der Waals surface area contributed by atoms with E-state index in [1.807, 2.05) is 0 Å². The van der Waals surface area contributed by atoms with E-state index in [1.54, 1.807) is 0 Å². The SMILES string of the molecule is OB(O)c1cc(F)ccc1COC1COC1. The minimum Gasteiger partial charge on any atom is -0.423 e. The highest BCUT2D eigenvalue weighted by Gasteiger charge is 2.21. The van der Waals surface area contributed by atoms with E-state index in [0.717, 1.165) is 6.07 Å². The molecular weight excluding hydrogens is 214 g/mol. The molecule has 1 fully saturated rings. The number of benzene rings is 1. The topological polar surface area (TPSA) is 58.9 Å². The van der Waals surface area contributed by atoms with Crippen LogP contribution in [-0.4, -0.2) is 36.5 Å². The van der Waals surface area contributed by atoms with Crippen LogP contribution in [0, 0.1) is 5.82 Å². The van der Waals surface area contributed by atoms with Gasteiger partial charge < -0.3 is 19.5 Å². The maximum Gasteiger partial charge on any atom is 0.488 e. The van der Waals surface area contributed by atoms with Gasteiger partial charge >= 0.3 is 7.12 Å². The average Bonchev–Trinajstić information content (AvgIpc) is 2.17. The summed E-state index contributed by atoms with van der Waals surface area (Å²) in [6.45, 7) is 1.33. The van der Waals surface area contributed by atoms with Crippen LogP contribution >= 0.6 is 0 Å². The molecule has 1 aliphatic heterocycles. The summed E-state index contributed by atoms with van der Waals surface area (Å²) in [7, 11) is -1.69. The van der Waals surface area contributed by atoms with Crippen LogP contribution in [0.25, 0.3) is 0 Å². The van der Waals surface area contributed by atoms with Crippen molar-refractivity contribution in [1.29, 1.82) is 0 Å². The normalized spacial score (nSPS) is 15.9. The summed E-state index contributed by atoms with van der Waals surface area (Å²) in [6.07, 6.45) is 0.0498.